The Morgan fingerprint density at radius 3 is 2.73 bits per heavy atom. The molecule has 0 saturated heterocycles. The highest BCUT2D eigenvalue weighted by Crippen LogP contribution is 2.27. The van der Waals surface area contributed by atoms with E-state index in [1.807, 2.05) is 24.3 Å². The molecule has 1 unspecified atom stereocenters. The molecule has 1 aliphatic carbocycles. The zero-order chi connectivity index (χ0) is 15.8. The summed E-state index contributed by atoms with van der Waals surface area (Å²) in [6, 6.07) is 8.06. The normalized spacial score (nSPS) is 17.1. The molecular formula is C19H30N2O. The Labute approximate surface area is 134 Å². The lowest BCUT2D eigenvalue weighted by Crippen LogP contribution is -2.33. The highest BCUT2D eigenvalue weighted by atomic mass is 16.1. The Kier molecular flexibility index (Phi) is 6.75. The third-order valence-electron chi connectivity index (χ3n) is 4.82. The van der Waals surface area contributed by atoms with Crippen molar-refractivity contribution in [3.8, 4) is 0 Å². The van der Waals surface area contributed by atoms with Crippen molar-refractivity contribution in [1.29, 1.82) is 0 Å². The van der Waals surface area contributed by atoms with Crippen LogP contribution in [0.3, 0.4) is 0 Å². The third-order valence-corrected chi connectivity index (χ3v) is 4.82. The number of para-hydroxylation sites is 1. The van der Waals surface area contributed by atoms with Gasteiger partial charge < -0.3 is 11.1 Å². The van der Waals surface area contributed by atoms with Gasteiger partial charge in [0.2, 0.25) is 5.91 Å². The first-order chi connectivity index (χ1) is 10.6. The van der Waals surface area contributed by atoms with E-state index in [-0.39, 0.29) is 11.9 Å². The summed E-state index contributed by atoms with van der Waals surface area (Å²) in [7, 11) is 0. The predicted octanol–water partition coefficient (Wildman–Crippen LogP) is 4.07. The molecule has 1 amide bonds. The van der Waals surface area contributed by atoms with Crippen molar-refractivity contribution in [2.75, 3.05) is 5.73 Å². The average molecular weight is 302 g/mol. The van der Waals surface area contributed by atoms with Gasteiger partial charge >= 0.3 is 0 Å². The van der Waals surface area contributed by atoms with Gasteiger partial charge in [0.05, 0.1) is 0 Å². The minimum absolute atomic E-state index is 0.138. The number of nitrogens with one attached hydrogen (secondary N) is 1. The van der Waals surface area contributed by atoms with E-state index in [4.69, 9.17) is 5.73 Å². The summed E-state index contributed by atoms with van der Waals surface area (Å²) in [5, 5.41) is 3.13. The van der Waals surface area contributed by atoms with E-state index in [1.165, 1.54) is 38.5 Å². The lowest BCUT2D eigenvalue weighted by molar-refractivity contribution is -0.121. The molecule has 0 aromatic heterocycles. The minimum atomic E-state index is 0.138. The molecule has 3 N–H and O–H groups in total. The Hall–Kier alpha value is -1.51. The van der Waals surface area contributed by atoms with E-state index >= 15 is 0 Å². The third kappa shape index (κ3) is 5.70. The highest BCUT2D eigenvalue weighted by molar-refractivity contribution is 5.76. The van der Waals surface area contributed by atoms with Gasteiger partial charge in [-0.25, -0.2) is 0 Å². The van der Waals surface area contributed by atoms with Gasteiger partial charge in [-0.2, -0.15) is 0 Å². The fraction of sp³-hybridized carbons (Fsp3) is 0.632. The molecule has 1 saturated carbocycles. The van der Waals surface area contributed by atoms with Gasteiger partial charge in [-0.15, -0.1) is 0 Å². The molecular weight excluding hydrogens is 272 g/mol. The van der Waals surface area contributed by atoms with Gasteiger partial charge in [-0.1, -0.05) is 50.3 Å². The van der Waals surface area contributed by atoms with Crippen molar-refractivity contribution in [3.63, 3.8) is 0 Å². The number of hydrogen-bond donors (Lipinski definition) is 2. The second-order valence-corrected chi connectivity index (χ2v) is 6.75. The Morgan fingerprint density at radius 1 is 1.27 bits per heavy atom. The molecule has 1 aliphatic rings. The Bertz CT molecular complexity index is 466. The molecule has 0 radical (unpaired) electrons. The number of carbonyl (C=O) groups excluding carboxylic acids is 1. The second-order valence-electron chi connectivity index (χ2n) is 6.75. The van der Waals surface area contributed by atoms with Crippen LogP contribution in [-0.2, 0) is 11.2 Å². The molecule has 0 aliphatic heterocycles. The Balaban J connectivity index is 1.64. The molecule has 0 bridgehead atoms. The molecule has 1 fully saturated rings. The molecule has 1 atom stereocenters. The van der Waals surface area contributed by atoms with E-state index in [9.17, 15) is 4.79 Å². The lowest BCUT2D eigenvalue weighted by Gasteiger charge is -2.23. The molecule has 0 spiro atoms. The second kappa shape index (κ2) is 8.82. The van der Waals surface area contributed by atoms with Crippen molar-refractivity contribution >= 4 is 11.6 Å². The number of nitrogen functional groups attached to an aromatic ring is 1. The number of benzene rings is 1. The number of carbonyl (C=O) groups is 1. The molecule has 22 heavy (non-hydrogen) atoms. The van der Waals surface area contributed by atoms with Crippen molar-refractivity contribution in [3.05, 3.63) is 29.8 Å². The van der Waals surface area contributed by atoms with Crippen LogP contribution in [0, 0.1) is 5.92 Å². The largest absolute Gasteiger partial charge is 0.399 e. The van der Waals surface area contributed by atoms with Crippen LogP contribution in [0.1, 0.15) is 63.9 Å². The molecule has 3 nitrogen and oxygen atoms in total. The quantitative estimate of drug-likeness (QED) is 0.746. The van der Waals surface area contributed by atoms with Gasteiger partial charge in [-0.3, -0.25) is 4.79 Å². The standard InChI is InChI=1S/C19H30N2O/c1-15(11-12-16-7-3-2-4-8-16)21-19(22)14-13-17-9-5-6-10-18(17)20/h5-6,9-10,15-16H,2-4,7-8,11-14,20H2,1H3,(H,21,22). The summed E-state index contributed by atoms with van der Waals surface area (Å²) in [6.07, 6.45) is 10.5. The molecule has 0 heterocycles. The maximum Gasteiger partial charge on any atom is 0.220 e. The zero-order valence-electron chi connectivity index (χ0n) is 13.8. The van der Waals surface area contributed by atoms with Crippen molar-refractivity contribution in [2.24, 2.45) is 5.92 Å². The van der Waals surface area contributed by atoms with Gasteiger partial charge in [0.15, 0.2) is 0 Å². The number of nitrogens with two attached hydrogens (primary N) is 1. The van der Waals surface area contributed by atoms with E-state index in [1.54, 1.807) is 0 Å². The first-order valence-electron chi connectivity index (χ1n) is 8.78. The summed E-state index contributed by atoms with van der Waals surface area (Å²) < 4.78 is 0. The number of amides is 1. The molecule has 1 aromatic carbocycles. The summed E-state index contributed by atoms with van der Waals surface area (Å²) in [4.78, 5) is 12.0. The smallest absolute Gasteiger partial charge is 0.220 e. The van der Waals surface area contributed by atoms with Crippen molar-refractivity contribution < 1.29 is 4.79 Å². The molecule has 122 valence electrons. The van der Waals surface area contributed by atoms with Gasteiger partial charge in [0.25, 0.3) is 0 Å². The van der Waals surface area contributed by atoms with Gasteiger partial charge in [0, 0.05) is 18.2 Å². The minimum Gasteiger partial charge on any atom is -0.399 e. The highest BCUT2D eigenvalue weighted by Gasteiger charge is 2.15. The predicted molar refractivity (Wildman–Crippen MR) is 92.6 cm³/mol. The summed E-state index contributed by atoms with van der Waals surface area (Å²) >= 11 is 0. The number of aryl methyl sites for hydroxylation is 1. The van der Waals surface area contributed by atoms with Crippen LogP contribution in [0.5, 0.6) is 0 Å². The van der Waals surface area contributed by atoms with Gasteiger partial charge in [0.1, 0.15) is 0 Å². The molecule has 3 heteroatoms. The van der Waals surface area contributed by atoms with Crippen LogP contribution in [0.4, 0.5) is 5.69 Å². The average Bonchev–Trinajstić information content (AvgIpc) is 2.53. The van der Waals surface area contributed by atoms with Crippen LogP contribution < -0.4 is 11.1 Å². The fourth-order valence-corrected chi connectivity index (χ4v) is 3.39. The maximum atomic E-state index is 12.0. The van der Waals surface area contributed by atoms with Crippen LogP contribution in [0.15, 0.2) is 24.3 Å². The van der Waals surface area contributed by atoms with Crippen LogP contribution in [0.25, 0.3) is 0 Å². The number of rotatable bonds is 7. The molecule has 1 aromatic rings. The van der Waals surface area contributed by atoms with E-state index < -0.39 is 0 Å². The number of hydrogen-bond acceptors (Lipinski definition) is 2. The lowest BCUT2D eigenvalue weighted by atomic mass is 9.85. The monoisotopic (exact) mass is 302 g/mol. The summed E-state index contributed by atoms with van der Waals surface area (Å²) in [5.74, 6) is 1.02. The van der Waals surface area contributed by atoms with Crippen molar-refractivity contribution in [2.45, 2.75) is 70.8 Å². The Morgan fingerprint density at radius 2 is 2.00 bits per heavy atom. The summed E-state index contributed by atoms with van der Waals surface area (Å²) in [5.41, 5.74) is 7.75. The maximum absolute atomic E-state index is 12.0. The topological polar surface area (TPSA) is 55.1 Å². The first-order valence-corrected chi connectivity index (χ1v) is 8.78. The van der Waals surface area contributed by atoms with Crippen LogP contribution >= 0.6 is 0 Å². The van der Waals surface area contributed by atoms with E-state index in [2.05, 4.69) is 12.2 Å². The van der Waals surface area contributed by atoms with E-state index in [0.29, 0.717) is 12.8 Å². The van der Waals surface area contributed by atoms with E-state index in [0.717, 1.165) is 23.6 Å². The summed E-state index contributed by atoms with van der Waals surface area (Å²) in [6.45, 7) is 2.12. The zero-order valence-corrected chi connectivity index (χ0v) is 13.8. The van der Waals surface area contributed by atoms with Gasteiger partial charge in [-0.05, 0) is 43.7 Å². The van der Waals surface area contributed by atoms with Crippen molar-refractivity contribution in [1.82, 2.24) is 5.32 Å². The fourth-order valence-electron chi connectivity index (χ4n) is 3.39. The number of anilines is 1. The molecule has 2 rings (SSSR count). The van der Waals surface area contributed by atoms with Crippen LogP contribution in [-0.4, -0.2) is 11.9 Å². The first kappa shape index (κ1) is 16.9. The SMILES string of the molecule is CC(CCC1CCCCC1)NC(=O)CCc1ccccc1N. The van der Waals surface area contributed by atoms with Crippen LogP contribution in [0.2, 0.25) is 0 Å².